The Hall–Kier alpha value is -2.37. The van der Waals surface area contributed by atoms with Gasteiger partial charge in [-0.2, -0.15) is 4.98 Å². The molecule has 0 radical (unpaired) electrons. The number of hydrogen-bond acceptors (Lipinski definition) is 4. The summed E-state index contributed by atoms with van der Waals surface area (Å²) >= 11 is 12.2. The number of halogens is 3. The molecule has 0 atom stereocenters. The quantitative estimate of drug-likeness (QED) is 0.623. The number of rotatable bonds is 4. The summed E-state index contributed by atoms with van der Waals surface area (Å²) in [6.45, 7) is 1.82. The van der Waals surface area contributed by atoms with Gasteiger partial charge in [-0.1, -0.05) is 41.4 Å². The first kappa shape index (κ1) is 16.5. The van der Waals surface area contributed by atoms with E-state index in [1.165, 1.54) is 6.07 Å². The molecular formula is C17H13Cl2FN4. The Morgan fingerprint density at radius 3 is 2.46 bits per heavy atom. The number of aromatic nitrogens is 2. The zero-order chi connectivity index (χ0) is 17.1. The molecule has 0 saturated carbocycles. The summed E-state index contributed by atoms with van der Waals surface area (Å²) in [4.78, 5) is 8.64. The molecule has 0 aliphatic carbocycles. The summed E-state index contributed by atoms with van der Waals surface area (Å²) in [5, 5.41) is 6.77. The Labute approximate surface area is 148 Å². The molecule has 0 amide bonds. The van der Waals surface area contributed by atoms with Crippen molar-refractivity contribution in [2.24, 2.45) is 0 Å². The molecule has 0 aliphatic heterocycles. The third-order valence-corrected chi connectivity index (χ3v) is 4.01. The van der Waals surface area contributed by atoms with Crippen molar-refractivity contribution < 1.29 is 4.39 Å². The maximum absolute atomic E-state index is 13.8. The van der Waals surface area contributed by atoms with Crippen molar-refractivity contribution in [3.8, 4) is 0 Å². The lowest BCUT2D eigenvalue weighted by Gasteiger charge is -2.11. The van der Waals surface area contributed by atoms with Gasteiger partial charge in [0.15, 0.2) is 0 Å². The van der Waals surface area contributed by atoms with Crippen molar-refractivity contribution in [3.63, 3.8) is 0 Å². The third-order valence-electron chi connectivity index (χ3n) is 3.19. The number of nitrogens with one attached hydrogen (secondary N) is 2. The first-order valence-corrected chi connectivity index (χ1v) is 7.87. The van der Waals surface area contributed by atoms with E-state index in [0.717, 1.165) is 0 Å². The van der Waals surface area contributed by atoms with E-state index in [4.69, 9.17) is 23.2 Å². The van der Waals surface area contributed by atoms with E-state index in [9.17, 15) is 4.39 Å². The van der Waals surface area contributed by atoms with Crippen LogP contribution in [0.4, 0.5) is 27.5 Å². The minimum atomic E-state index is -0.360. The standard InChI is InChI=1S/C17H13Cl2FN4/c1-10-9-15(22-13-7-3-2-6-12(13)20)24-17(21-10)23-14-8-4-5-11(18)16(14)19/h2-9H,1H3,(H2,21,22,23,24). The van der Waals surface area contributed by atoms with E-state index in [1.54, 1.807) is 42.5 Å². The van der Waals surface area contributed by atoms with E-state index in [1.807, 2.05) is 6.92 Å². The molecule has 0 saturated heterocycles. The molecule has 3 aromatic rings. The number of aryl methyl sites for hydroxylation is 1. The Morgan fingerprint density at radius 1 is 0.917 bits per heavy atom. The molecule has 2 aromatic carbocycles. The highest BCUT2D eigenvalue weighted by atomic mass is 35.5. The first-order chi connectivity index (χ1) is 11.5. The van der Waals surface area contributed by atoms with Crippen LogP contribution in [0.25, 0.3) is 0 Å². The van der Waals surface area contributed by atoms with Crippen LogP contribution in [0.15, 0.2) is 48.5 Å². The maximum Gasteiger partial charge on any atom is 0.229 e. The van der Waals surface area contributed by atoms with Crippen LogP contribution < -0.4 is 10.6 Å². The normalized spacial score (nSPS) is 10.5. The highest BCUT2D eigenvalue weighted by Crippen LogP contribution is 2.31. The summed E-state index contributed by atoms with van der Waals surface area (Å²) in [7, 11) is 0. The highest BCUT2D eigenvalue weighted by Gasteiger charge is 2.09. The van der Waals surface area contributed by atoms with E-state index >= 15 is 0 Å². The van der Waals surface area contributed by atoms with Crippen LogP contribution >= 0.6 is 23.2 Å². The van der Waals surface area contributed by atoms with Gasteiger partial charge in [-0.25, -0.2) is 9.37 Å². The minimum absolute atomic E-state index is 0.331. The predicted molar refractivity (Wildman–Crippen MR) is 96.2 cm³/mol. The van der Waals surface area contributed by atoms with Crippen LogP contribution in [0.5, 0.6) is 0 Å². The predicted octanol–water partition coefficient (Wildman–Crippen LogP) is 5.72. The summed E-state index contributed by atoms with van der Waals surface area (Å²) in [6, 6.07) is 13.3. The molecule has 24 heavy (non-hydrogen) atoms. The van der Waals surface area contributed by atoms with Crippen LogP contribution in [0.1, 0.15) is 5.69 Å². The van der Waals surface area contributed by atoms with E-state index in [-0.39, 0.29) is 5.82 Å². The van der Waals surface area contributed by atoms with Crippen LogP contribution in [0.3, 0.4) is 0 Å². The Kier molecular flexibility index (Phi) is 4.83. The van der Waals surface area contributed by atoms with Crippen LogP contribution in [-0.2, 0) is 0 Å². The van der Waals surface area contributed by atoms with Crippen molar-refractivity contribution in [2.75, 3.05) is 10.6 Å². The molecule has 0 aliphatic rings. The lowest BCUT2D eigenvalue weighted by atomic mass is 10.3. The molecule has 7 heteroatoms. The topological polar surface area (TPSA) is 49.8 Å². The highest BCUT2D eigenvalue weighted by molar-refractivity contribution is 6.43. The van der Waals surface area contributed by atoms with Crippen molar-refractivity contribution in [1.82, 2.24) is 9.97 Å². The molecule has 3 rings (SSSR count). The summed E-state index contributed by atoms with van der Waals surface area (Å²) in [5.41, 5.74) is 1.64. The molecule has 0 fully saturated rings. The largest absolute Gasteiger partial charge is 0.338 e. The fourth-order valence-corrected chi connectivity index (χ4v) is 2.46. The second-order valence-electron chi connectivity index (χ2n) is 5.05. The van der Waals surface area contributed by atoms with Gasteiger partial charge in [0.05, 0.1) is 21.4 Å². The second-order valence-corrected chi connectivity index (χ2v) is 5.83. The van der Waals surface area contributed by atoms with Gasteiger partial charge < -0.3 is 10.6 Å². The molecule has 0 spiro atoms. The van der Waals surface area contributed by atoms with Gasteiger partial charge in [-0.15, -0.1) is 0 Å². The SMILES string of the molecule is Cc1cc(Nc2ccccc2F)nc(Nc2cccc(Cl)c2Cl)n1. The van der Waals surface area contributed by atoms with Crippen molar-refractivity contribution in [2.45, 2.75) is 6.92 Å². The molecule has 122 valence electrons. The van der Waals surface area contributed by atoms with Crippen molar-refractivity contribution >= 4 is 46.3 Å². The minimum Gasteiger partial charge on any atom is -0.338 e. The van der Waals surface area contributed by atoms with Gasteiger partial charge in [0.25, 0.3) is 0 Å². The van der Waals surface area contributed by atoms with Crippen molar-refractivity contribution in [1.29, 1.82) is 0 Å². The lowest BCUT2D eigenvalue weighted by molar-refractivity contribution is 0.632. The number of nitrogens with zero attached hydrogens (tertiary/aromatic N) is 2. The number of para-hydroxylation sites is 1. The smallest absolute Gasteiger partial charge is 0.229 e. The van der Waals surface area contributed by atoms with Gasteiger partial charge in [0.2, 0.25) is 5.95 Å². The van der Waals surface area contributed by atoms with Gasteiger partial charge in [0.1, 0.15) is 11.6 Å². The molecule has 4 nitrogen and oxygen atoms in total. The van der Waals surface area contributed by atoms with Gasteiger partial charge >= 0.3 is 0 Å². The van der Waals surface area contributed by atoms with E-state index in [0.29, 0.717) is 38.9 Å². The number of benzene rings is 2. The lowest BCUT2D eigenvalue weighted by Crippen LogP contribution is -2.03. The first-order valence-electron chi connectivity index (χ1n) is 7.11. The number of anilines is 4. The Bertz CT molecular complexity index is 886. The molecular weight excluding hydrogens is 350 g/mol. The Morgan fingerprint density at radius 2 is 1.67 bits per heavy atom. The van der Waals surface area contributed by atoms with Gasteiger partial charge in [-0.3, -0.25) is 0 Å². The third kappa shape index (κ3) is 3.75. The van der Waals surface area contributed by atoms with Crippen LogP contribution in [0.2, 0.25) is 10.0 Å². The monoisotopic (exact) mass is 362 g/mol. The Balaban J connectivity index is 1.89. The summed E-state index contributed by atoms with van der Waals surface area (Å²) in [6.07, 6.45) is 0. The van der Waals surface area contributed by atoms with E-state index < -0.39 is 0 Å². The van der Waals surface area contributed by atoms with Crippen LogP contribution in [0, 0.1) is 12.7 Å². The zero-order valence-electron chi connectivity index (χ0n) is 12.6. The average Bonchev–Trinajstić information content (AvgIpc) is 2.54. The molecule has 2 N–H and O–H groups in total. The maximum atomic E-state index is 13.8. The summed E-state index contributed by atoms with van der Waals surface area (Å²) < 4.78 is 13.8. The fourth-order valence-electron chi connectivity index (χ4n) is 2.11. The molecule has 1 aromatic heterocycles. The zero-order valence-corrected chi connectivity index (χ0v) is 14.2. The number of hydrogen-bond donors (Lipinski definition) is 2. The van der Waals surface area contributed by atoms with E-state index in [2.05, 4.69) is 20.6 Å². The molecule has 0 unspecified atom stereocenters. The van der Waals surface area contributed by atoms with Crippen molar-refractivity contribution in [3.05, 3.63) is 70.1 Å². The van der Waals surface area contributed by atoms with Gasteiger partial charge in [0, 0.05) is 11.8 Å². The summed E-state index contributed by atoms with van der Waals surface area (Å²) in [5.74, 6) is 0.437. The van der Waals surface area contributed by atoms with Crippen LogP contribution in [-0.4, -0.2) is 9.97 Å². The molecule has 1 heterocycles. The fraction of sp³-hybridized carbons (Fsp3) is 0.0588. The second kappa shape index (κ2) is 7.03. The average molecular weight is 363 g/mol. The molecule has 0 bridgehead atoms. The van der Waals surface area contributed by atoms with Gasteiger partial charge in [-0.05, 0) is 31.2 Å².